The molecule has 0 radical (unpaired) electrons. The van der Waals surface area contributed by atoms with Crippen LogP contribution in [0.5, 0.6) is 0 Å². The number of rotatable bonds is 7. The summed E-state index contributed by atoms with van der Waals surface area (Å²) in [6.07, 6.45) is 0. The molecule has 0 aliphatic carbocycles. The predicted molar refractivity (Wildman–Crippen MR) is 59.0 cm³/mol. The number of hydrogen-bond donors (Lipinski definition) is 2. The number of nitrogens with one attached hydrogen (secondary N) is 2. The zero-order chi connectivity index (χ0) is 12.6. The van der Waals surface area contributed by atoms with Crippen LogP contribution in [0.4, 0.5) is 0 Å². The first-order valence-corrected chi connectivity index (χ1v) is 5.08. The van der Waals surface area contributed by atoms with E-state index in [1.807, 2.05) is 6.92 Å². The normalized spacial score (nSPS) is 14.0. The first-order valence-electron chi connectivity index (χ1n) is 5.08. The molecule has 1 amide bonds. The Kier molecular flexibility index (Phi) is 7.49. The molecule has 6 nitrogen and oxygen atoms in total. The number of methoxy groups -OCH3 is 2. The zero-order valence-electron chi connectivity index (χ0n) is 10.2. The lowest BCUT2D eigenvalue weighted by Crippen LogP contribution is -2.49. The minimum atomic E-state index is -0.665. The molecule has 0 heterocycles. The molecule has 2 unspecified atom stereocenters. The minimum absolute atomic E-state index is 0.103. The van der Waals surface area contributed by atoms with Gasteiger partial charge in [0, 0.05) is 26.6 Å². The van der Waals surface area contributed by atoms with E-state index in [2.05, 4.69) is 15.4 Å². The van der Waals surface area contributed by atoms with Crippen molar-refractivity contribution >= 4 is 11.9 Å². The van der Waals surface area contributed by atoms with E-state index < -0.39 is 12.0 Å². The lowest BCUT2D eigenvalue weighted by Gasteiger charge is -2.19. The SMILES string of the molecule is COCC(C)NCC(NC(C)=O)C(=O)OC. The summed E-state index contributed by atoms with van der Waals surface area (Å²) in [4.78, 5) is 22.2. The fraction of sp³-hybridized carbons (Fsp3) is 0.800. The van der Waals surface area contributed by atoms with E-state index in [0.29, 0.717) is 13.2 Å². The summed E-state index contributed by atoms with van der Waals surface area (Å²) in [5.74, 6) is -0.732. The summed E-state index contributed by atoms with van der Waals surface area (Å²) in [7, 11) is 2.89. The van der Waals surface area contributed by atoms with Crippen LogP contribution >= 0.6 is 0 Å². The molecule has 6 heteroatoms. The molecule has 2 N–H and O–H groups in total. The van der Waals surface area contributed by atoms with E-state index >= 15 is 0 Å². The van der Waals surface area contributed by atoms with Gasteiger partial charge in [0.05, 0.1) is 13.7 Å². The third kappa shape index (κ3) is 6.36. The van der Waals surface area contributed by atoms with Crippen molar-refractivity contribution in [2.24, 2.45) is 0 Å². The number of hydrogen-bond acceptors (Lipinski definition) is 5. The fourth-order valence-electron chi connectivity index (χ4n) is 1.21. The Labute approximate surface area is 95.7 Å². The van der Waals surface area contributed by atoms with E-state index in [-0.39, 0.29) is 11.9 Å². The van der Waals surface area contributed by atoms with Crippen molar-refractivity contribution < 1.29 is 19.1 Å². The second-order valence-electron chi connectivity index (χ2n) is 3.54. The lowest BCUT2D eigenvalue weighted by atomic mass is 10.2. The highest BCUT2D eigenvalue weighted by Gasteiger charge is 2.20. The Morgan fingerprint density at radius 1 is 1.31 bits per heavy atom. The van der Waals surface area contributed by atoms with E-state index in [0.717, 1.165) is 0 Å². The Morgan fingerprint density at radius 3 is 2.38 bits per heavy atom. The van der Waals surface area contributed by atoms with Crippen molar-refractivity contribution in [3.05, 3.63) is 0 Å². The summed E-state index contributed by atoms with van der Waals surface area (Å²) in [6, 6.07) is -0.562. The predicted octanol–water partition coefficient (Wildman–Crippen LogP) is -0.711. The molecule has 0 aromatic carbocycles. The Balaban J connectivity index is 4.10. The van der Waals surface area contributed by atoms with Gasteiger partial charge in [-0.05, 0) is 6.92 Å². The van der Waals surface area contributed by atoms with Crippen LogP contribution in [0.2, 0.25) is 0 Å². The van der Waals surface area contributed by atoms with Gasteiger partial charge < -0.3 is 20.1 Å². The van der Waals surface area contributed by atoms with Crippen molar-refractivity contribution in [3.63, 3.8) is 0 Å². The average Bonchev–Trinajstić information content (AvgIpc) is 2.23. The largest absolute Gasteiger partial charge is 0.467 e. The third-order valence-corrected chi connectivity index (χ3v) is 1.95. The van der Waals surface area contributed by atoms with E-state index in [4.69, 9.17) is 4.74 Å². The van der Waals surface area contributed by atoms with Crippen LogP contribution in [0.15, 0.2) is 0 Å². The molecular weight excluding hydrogens is 212 g/mol. The molecule has 0 aromatic rings. The van der Waals surface area contributed by atoms with Crippen molar-refractivity contribution in [3.8, 4) is 0 Å². The molecule has 0 spiro atoms. The van der Waals surface area contributed by atoms with Crippen LogP contribution in [-0.4, -0.2) is 51.3 Å². The van der Waals surface area contributed by atoms with Gasteiger partial charge in [0.1, 0.15) is 6.04 Å². The van der Waals surface area contributed by atoms with Crippen LogP contribution in [0.1, 0.15) is 13.8 Å². The summed E-state index contributed by atoms with van der Waals surface area (Å²) >= 11 is 0. The van der Waals surface area contributed by atoms with E-state index in [9.17, 15) is 9.59 Å². The van der Waals surface area contributed by atoms with Gasteiger partial charge in [-0.25, -0.2) is 4.79 Å². The number of ether oxygens (including phenoxy) is 2. The van der Waals surface area contributed by atoms with Crippen molar-refractivity contribution in [1.29, 1.82) is 0 Å². The van der Waals surface area contributed by atoms with Gasteiger partial charge >= 0.3 is 5.97 Å². The molecule has 0 aliphatic heterocycles. The summed E-state index contributed by atoms with van der Waals surface area (Å²) < 4.78 is 9.52. The van der Waals surface area contributed by atoms with Crippen LogP contribution in [0, 0.1) is 0 Å². The molecule has 0 fully saturated rings. The fourth-order valence-corrected chi connectivity index (χ4v) is 1.21. The molecule has 2 atom stereocenters. The summed E-state index contributed by atoms with van der Waals surface area (Å²) in [5.41, 5.74) is 0. The maximum absolute atomic E-state index is 11.3. The Hall–Kier alpha value is -1.14. The monoisotopic (exact) mass is 232 g/mol. The highest BCUT2D eigenvalue weighted by Crippen LogP contribution is 1.89. The first-order chi connectivity index (χ1) is 7.51. The summed E-state index contributed by atoms with van der Waals surface area (Å²) in [5, 5.41) is 5.57. The van der Waals surface area contributed by atoms with Crippen LogP contribution < -0.4 is 10.6 Å². The Morgan fingerprint density at radius 2 is 1.94 bits per heavy atom. The average molecular weight is 232 g/mol. The van der Waals surface area contributed by atoms with Gasteiger partial charge in [0.2, 0.25) is 5.91 Å². The first kappa shape index (κ1) is 14.9. The third-order valence-electron chi connectivity index (χ3n) is 1.95. The molecule has 0 saturated heterocycles. The molecule has 94 valence electrons. The highest BCUT2D eigenvalue weighted by molar-refractivity contribution is 5.83. The molecular formula is C10H20N2O4. The van der Waals surface area contributed by atoms with Crippen LogP contribution in [0.25, 0.3) is 0 Å². The van der Waals surface area contributed by atoms with Gasteiger partial charge in [-0.15, -0.1) is 0 Å². The topological polar surface area (TPSA) is 76.7 Å². The number of amides is 1. The number of esters is 1. The van der Waals surface area contributed by atoms with Gasteiger partial charge in [0.25, 0.3) is 0 Å². The van der Waals surface area contributed by atoms with Gasteiger partial charge in [-0.3, -0.25) is 4.79 Å². The maximum Gasteiger partial charge on any atom is 0.329 e. The standard InChI is InChI=1S/C10H20N2O4/c1-7(6-15-3)11-5-9(10(14)16-4)12-8(2)13/h7,9,11H,5-6H2,1-4H3,(H,12,13). The van der Waals surface area contributed by atoms with Gasteiger partial charge in [-0.2, -0.15) is 0 Å². The van der Waals surface area contributed by atoms with Crippen molar-refractivity contribution in [2.75, 3.05) is 27.4 Å². The molecule has 16 heavy (non-hydrogen) atoms. The lowest BCUT2D eigenvalue weighted by molar-refractivity contribution is -0.144. The number of carbonyl (C=O) groups excluding carboxylic acids is 2. The van der Waals surface area contributed by atoms with Crippen LogP contribution in [0.3, 0.4) is 0 Å². The van der Waals surface area contributed by atoms with E-state index in [1.165, 1.54) is 14.0 Å². The smallest absolute Gasteiger partial charge is 0.329 e. The number of carbonyl (C=O) groups is 2. The van der Waals surface area contributed by atoms with Crippen molar-refractivity contribution in [1.82, 2.24) is 10.6 Å². The maximum atomic E-state index is 11.3. The molecule has 0 saturated carbocycles. The molecule has 0 rings (SSSR count). The molecule has 0 aliphatic rings. The van der Waals surface area contributed by atoms with Gasteiger partial charge in [-0.1, -0.05) is 0 Å². The second kappa shape index (κ2) is 8.06. The van der Waals surface area contributed by atoms with Crippen LogP contribution in [-0.2, 0) is 19.1 Å². The molecule has 0 aromatic heterocycles. The minimum Gasteiger partial charge on any atom is -0.467 e. The van der Waals surface area contributed by atoms with E-state index in [1.54, 1.807) is 7.11 Å². The van der Waals surface area contributed by atoms with Crippen molar-refractivity contribution in [2.45, 2.75) is 25.9 Å². The Bertz CT molecular complexity index is 233. The quantitative estimate of drug-likeness (QED) is 0.567. The highest BCUT2D eigenvalue weighted by atomic mass is 16.5. The molecule has 0 bridgehead atoms. The zero-order valence-corrected chi connectivity index (χ0v) is 10.2. The summed E-state index contributed by atoms with van der Waals surface area (Å²) in [6.45, 7) is 4.13. The second-order valence-corrected chi connectivity index (χ2v) is 3.54. The van der Waals surface area contributed by atoms with Gasteiger partial charge in [0.15, 0.2) is 0 Å².